The van der Waals surface area contributed by atoms with Gasteiger partial charge in [-0.25, -0.2) is 0 Å². The fraction of sp³-hybridized carbons (Fsp3) is 0.286. The van der Waals surface area contributed by atoms with E-state index in [1.54, 1.807) is 0 Å². The van der Waals surface area contributed by atoms with Gasteiger partial charge in [0.2, 0.25) is 0 Å². The number of rotatable bonds is 3. The molecule has 0 aliphatic heterocycles. The van der Waals surface area contributed by atoms with E-state index in [0.717, 1.165) is 4.88 Å². The van der Waals surface area contributed by atoms with Crippen molar-refractivity contribution in [1.29, 1.82) is 0 Å². The number of carboxylic acid groups (broad SMARTS) is 1. The van der Waals surface area contributed by atoms with Crippen molar-refractivity contribution in [3.8, 4) is 0 Å². The summed E-state index contributed by atoms with van der Waals surface area (Å²) in [6.45, 7) is 0. The molecule has 4 heteroatoms. The summed E-state index contributed by atoms with van der Waals surface area (Å²) in [5, 5.41) is 10.2. The summed E-state index contributed by atoms with van der Waals surface area (Å²) in [7, 11) is 0. The van der Waals surface area contributed by atoms with Gasteiger partial charge in [0.15, 0.2) is 0 Å². The van der Waals surface area contributed by atoms with Crippen LogP contribution in [0.1, 0.15) is 16.5 Å². The fourth-order valence-electron chi connectivity index (χ4n) is 0.747. The highest BCUT2D eigenvalue weighted by Crippen LogP contribution is 2.27. The zero-order chi connectivity index (χ0) is 8.27. The highest BCUT2D eigenvalue weighted by Gasteiger charge is 2.10. The summed E-state index contributed by atoms with van der Waals surface area (Å²) in [6.07, 6.45) is 0.0869. The Balaban J connectivity index is 2.56. The molecule has 1 aromatic rings. The Bertz CT molecular complexity index is 231. The molecule has 0 saturated heterocycles. The minimum atomic E-state index is -0.807. The van der Waals surface area contributed by atoms with Crippen LogP contribution >= 0.6 is 24.0 Å². The highest BCUT2D eigenvalue weighted by atomic mass is 32.1. The second kappa shape index (κ2) is 3.78. The van der Waals surface area contributed by atoms with Gasteiger partial charge in [-0.2, -0.15) is 12.6 Å². The molecule has 1 unspecified atom stereocenters. The van der Waals surface area contributed by atoms with Crippen LogP contribution in [0, 0.1) is 0 Å². The predicted octanol–water partition coefficient (Wildman–Crippen LogP) is 2.19. The lowest BCUT2D eigenvalue weighted by molar-refractivity contribution is -0.136. The van der Waals surface area contributed by atoms with E-state index in [0.29, 0.717) is 0 Å². The molecular weight excluding hydrogens is 180 g/mol. The molecule has 0 radical (unpaired) electrons. The van der Waals surface area contributed by atoms with Gasteiger partial charge in [-0.15, -0.1) is 11.3 Å². The minimum Gasteiger partial charge on any atom is -0.481 e. The van der Waals surface area contributed by atoms with Crippen LogP contribution in [0.4, 0.5) is 0 Å². The van der Waals surface area contributed by atoms with Crippen LogP contribution in [0.2, 0.25) is 0 Å². The summed E-state index contributed by atoms with van der Waals surface area (Å²) in [5.41, 5.74) is 0. The van der Waals surface area contributed by atoms with Gasteiger partial charge >= 0.3 is 5.97 Å². The molecule has 2 nitrogen and oxygen atoms in total. The second-order valence-electron chi connectivity index (χ2n) is 2.13. The van der Waals surface area contributed by atoms with Gasteiger partial charge in [-0.05, 0) is 11.4 Å². The number of aliphatic carboxylic acids is 1. The first kappa shape index (κ1) is 8.62. The predicted molar refractivity (Wildman–Crippen MR) is 48.3 cm³/mol. The van der Waals surface area contributed by atoms with E-state index in [4.69, 9.17) is 5.11 Å². The lowest BCUT2D eigenvalue weighted by Gasteiger charge is -2.02. The van der Waals surface area contributed by atoms with E-state index >= 15 is 0 Å². The molecule has 0 spiro atoms. The molecule has 1 rings (SSSR count). The standard InChI is InChI=1S/C7H8O2S2/c8-7(9)4-5(10)6-2-1-3-11-6/h1-3,5,10H,4H2,(H,8,9). The van der Waals surface area contributed by atoms with Crippen molar-refractivity contribution < 1.29 is 9.90 Å². The summed E-state index contributed by atoms with van der Waals surface area (Å²) in [5.74, 6) is -0.807. The van der Waals surface area contributed by atoms with Crippen LogP contribution in [-0.4, -0.2) is 11.1 Å². The summed E-state index contributed by atoms with van der Waals surface area (Å²) < 4.78 is 0. The average molecular weight is 188 g/mol. The van der Waals surface area contributed by atoms with E-state index in [9.17, 15) is 4.79 Å². The molecule has 0 amide bonds. The van der Waals surface area contributed by atoms with E-state index in [2.05, 4.69) is 12.6 Å². The smallest absolute Gasteiger partial charge is 0.304 e. The van der Waals surface area contributed by atoms with E-state index in [-0.39, 0.29) is 11.7 Å². The second-order valence-corrected chi connectivity index (χ2v) is 3.73. The number of thiophene rings is 1. The van der Waals surface area contributed by atoms with Crippen molar-refractivity contribution in [3.05, 3.63) is 22.4 Å². The number of hydrogen-bond acceptors (Lipinski definition) is 3. The lowest BCUT2D eigenvalue weighted by Crippen LogP contribution is -1.98. The summed E-state index contributed by atoms with van der Waals surface area (Å²) in [6, 6.07) is 3.79. The van der Waals surface area contributed by atoms with Crippen molar-refractivity contribution in [3.63, 3.8) is 0 Å². The Labute approximate surface area is 74.3 Å². The molecule has 11 heavy (non-hydrogen) atoms. The fourth-order valence-corrected chi connectivity index (χ4v) is 1.88. The van der Waals surface area contributed by atoms with Crippen LogP contribution in [0.3, 0.4) is 0 Å². The lowest BCUT2D eigenvalue weighted by atomic mass is 10.2. The monoisotopic (exact) mass is 188 g/mol. The SMILES string of the molecule is O=C(O)CC(S)c1cccs1. The van der Waals surface area contributed by atoms with Gasteiger partial charge in [0.1, 0.15) is 0 Å². The van der Waals surface area contributed by atoms with E-state index < -0.39 is 5.97 Å². The molecular formula is C7H8O2S2. The first-order valence-electron chi connectivity index (χ1n) is 3.13. The van der Waals surface area contributed by atoms with Crippen LogP contribution in [0.5, 0.6) is 0 Å². The molecule has 0 aromatic carbocycles. The van der Waals surface area contributed by atoms with E-state index in [1.807, 2.05) is 17.5 Å². The third kappa shape index (κ3) is 2.55. The Morgan fingerprint density at radius 2 is 2.55 bits per heavy atom. The Morgan fingerprint density at radius 3 is 3.00 bits per heavy atom. The quantitative estimate of drug-likeness (QED) is 0.713. The third-order valence-electron chi connectivity index (χ3n) is 1.24. The Hall–Kier alpha value is -0.480. The molecule has 1 atom stereocenters. The molecule has 0 aliphatic carbocycles. The van der Waals surface area contributed by atoms with Crippen molar-refractivity contribution in [2.24, 2.45) is 0 Å². The van der Waals surface area contributed by atoms with Crippen molar-refractivity contribution in [2.45, 2.75) is 11.7 Å². The van der Waals surface area contributed by atoms with Gasteiger partial charge in [0.25, 0.3) is 0 Å². The maximum absolute atomic E-state index is 10.3. The molecule has 1 N–H and O–H groups in total. The van der Waals surface area contributed by atoms with Crippen LogP contribution < -0.4 is 0 Å². The molecule has 0 saturated carbocycles. The molecule has 0 aliphatic rings. The van der Waals surface area contributed by atoms with Crippen LogP contribution in [-0.2, 0) is 4.79 Å². The number of carbonyl (C=O) groups is 1. The zero-order valence-corrected chi connectivity index (χ0v) is 7.44. The highest BCUT2D eigenvalue weighted by molar-refractivity contribution is 7.80. The number of thiol groups is 1. The largest absolute Gasteiger partial charge is 0.481 e. The van der Waals surface area contributed by atoms with Crippen molar-refractivity contribution >= 4 is 29.9 Å². The number of hydrogen-bond donors (Lipinski definition) is 2. The summed E-state index contributed by atoms with van der Waals surface area (Å²) >= 11 is 5.69. The molecule has 0 bridgehead atoms. The maximum atomic E-state index is 10.3. The van der Waals surface area contributed by atoms with E-state index in [1.165, 1.54) is 11.3 Å². The maximum Gasteiger partial charge on any atom is 0.304 e. The molecule has 1 heterocycles. The minimum absolute atomic E-state index is 0.0869. The van der Waals surface area contributed by atoms with Gasteiger partial charge in [-0.1, -0.05) is 6.07 Å². The van der Waals surface area contributed by atoms with Gasteiger partial charge < -0.3 is 5.11 Å². The molecule has 60 valence electrons. The molecule has 0 fully saturated rings. The van der Waals surface area contributed by atoms with Crippen molar-refractivity contribution in [2.75, 3.05) is 0 Å². The summed E-state index contributed by atoms with van der Waals surface area (Å²) in [4.78, 5) is 11.3. The number of carboxylic acids is 1. The zero-order valence-electron chi connectivity index (χ0n) is 5.73. The average Bonchev–Trinajstić information content (AvgIpc) is 2.35. The third-order valence-corrected chi connectivity index (χ3v) is 2.86. The van der Waals surface area contributed by atoms with Crippen LogP contribution in [0.25, 0.3) is 0 Å². The Kier molecular flexibility index (Phi) is 2.96. The first-order chi connectivity index (χ1) is 5.20. The Morgan fingerprint density at radius 1 is 1.82 bits per heavy atom. The first-order valence-corrected chi connectivity index (χ1v) is 4.53. The van der Waals surface area contributed by atoms with Gasteiger partial charge in [0, 0.05) is 10.1 Å². The van der Waals surface area contributed by atoms with Crippen LogP contribution in [0.15, 0.2) is 17.5 Å². The van der Waals surface area contributed by atoms with Gasteiger partial charge in [0.05, 0.1) is 6.42 Å². The van der Waals surface area contributed by atoms with Gasteiger partial charge in [-0.3, -0.25) is 4.79 Å². The normalized spacial score (nSPS) is 12.8. The topological polar surface area (TPSA) is 37.3 Å². The molecule has 1 aromatic heterocycles. The van der Waals surface area contributed by atoms with Crippen molar-refractivity contribution in [1.82, 2.24) is 0 Å².